The molecular weight excluding hydrogens is 208 g/mol. The molecule has 1 aromatic carbocycles. The van der Waals surface area contributed by atoms with Crippen molar-refractivity contribution in [2.75, 3.05) is 0 Å². The molecule has 15 heavy (non-hydrogen) atoms. The summed E-state index contributed by atoms with van der Waals surface area (Å²) in [6.07, 6.45) is 1.97. The molecule has 2 rings (SSSR count). The maximum absolute atomic E-state index is 5.83. The van der Waals surface area contributed by atoms with Gasteiger partial charge in [-0.05, 0) is 36.2 Å². The van der Waals surface area contributed by atoms with Gasteiger partial charge < -0.3 is 0 Å². The van der Waals surface area contributed by atoms with Gasteiger partial charge in [-0.15, -0.1) is 0 Å². The molecular formula is C12H13ClN2. The van der Waals surface area contributed by atoms with Crippen molar-refractivity contribution in [2.45, 2.75) is 19.8 Å². The van der Waals surface area contributed by atoms with E-state index in [9.17, 15) is 0 Å². The fourth-order valence-corrected chi connectivity index (χ4v) is 1.51. The maximum Gasteiger partial charge on any atom is 0.0654 e. The predicted molar refractivity (Wildman–Crippen MR) is 62.7 cm³/mol. The Bertz CT molecular complexity index is 443. The number of aromatic nitrogens is 2. The third-order valence-corrected chi connectivity index (χ3v) is 2.54. The van der Waals surface area contributed by atoms with Crippen LogP contribution in [0.3, 0.4) is 0 Å². The second-order valence-electron chi connectivity index (χ2n) is 3.82. The molecule has 2 aromatic rings. The van der Waals surface area contributed by atoms with Crippen LogP contribution in [0.25, 0.3) is 5.69 Å². The van der Waals surface area contributed by atoms with E-state index in [1.54, 1.807) is 0 Å². The minimum absolute atomic E-state index is 0.457. The van der Waals surface area contributed by atoms with E-state index >= 15 is 0 Å². The molecule has 0 saturated carbocycles. The molecule has 0 radical (unpaired) electrons. The molecule has 1 heterocycles. The summed E-state index contributed by atoms with van der Waals surface area (Å²) in [5, 5.41) is 5.23. The fourth-order valence-electron chi connectivity index (χ4n) is 1.38. The van der Waals surface area contributed by atoms with Gasteiger partial charge in [-0.25, -0.2) is 4.68 Å². The summed E-state index contributed by atoms with van der Waals surface area (Å²) in [6.45, 7) is 4.27. The first kappa shape index (κ1) is 10.2. The van der Waals surface area contributed by atoms with Gasteiger partial charge in [0.2, 0.25) is 0 Å². The first-order valence-electron chi connectivity index (χ1n) is 4.98. The molecule has 78 valence electrons. The van der Waals surface area contributed by atoms with Crippen LogP contribution in [0.2, 0.25) is 5.02 Å². The van der Waals surface area contributed by atoms with Crippen molar-refractivity contribution in [3.05, 3.63) is 47.2 Å². The highest BCUT2D eigenvalue weighted by Crippen LogP contribution is 2.16. The van der Waals surface area contributed by atoms with E-state index in [1.165, 1.54) is 0 Å². The average Bonchev–Trinajstić information content (AvgIpc) is 2.68. The Morgan fingerprint density at radius 1 is 1.13 bits per heavy atom. The lowest BCUT2D eigenvalue weighted by Gasteiger charge is -2.02. The highest BCUT2D eigenvalue weighted by molar-refractivity contribution is 6.30. The molecule has 3 heteroatoms. The van der Waals surface area contributed by atoms with Crippen LogP contribution >= 0.6 is 11.6 Å². The molecule has 0 spiro atoms. The minimum Gasteiger partial charge on any atom is -0.241 e. The number of benzene rings is 1. The van der Waals surface area contributed by atoms with Crippen molar-refractivity contribution >= 4 is 11.6 Å². The lowest BCUT2D eigenvalue weighted by atomic mass is 10.1. The van der Waals surface area contributed by atoms with Gasteiger partial charge in [0.05, 0.1) is 11.4 Å². The predicted octanol–water partition coefficient (Wildman–Crippen LogP) is 3.65. The lowest BCUT2D eigenvalue weighted by molar-refractivity contribution is 0.768. The van der Waals surface area contributed by atoms with E-state index in [1.807, 2.05) is 41.2 Å². The van der Waals surface area contributed by atoms with E-state index in [4.69, 9.17) is 11.6 Å². The van der Waals surface area contributed by atoms with E-state index in [0.717, 1.165) is 16.4 Å². The van der Waals surface area contributed by atoms with Crippen LogP contribution in [0.5, 0.6) is 0 Å². The Kier molecular flexibility index (Phi) is 2.78. The molecule has 0 N–H and O–H groups in total. The van der Waals surface area contributed by atoms with Gasteiger partial charge in [-0.1, -0.05) is 25.4 Å². The van der Waals surface area contributed by atoms with Gasteiger partial charge in [-0.3, -0.25) is 0 Å². The Morgan fingerprint density at radius 3 is 2.33 bits per heavy atom. The first-order chi connectivity index (χ1) is 7.16. The Labute approximate surface area is 94.5 Å². The highest BCUT2D eigenvalue weighted by atomic mass is 35.5. The zero-order valence-corrected chi connectivity index (χ0v) is 9.57. The SMILES string of the molecule is CC(C)c1ccn(-c2ccc(Cl)cc2)n1. The van der Waals surface area contributed by atoms with E-state index in [0.29, 0.717) is 5.92 Å². The van der Waals surface area contributed by atoms with Gasteiger partial charge in [0.15, 0.2) is 0 Å². The van der Waals surface area contributed by atoms with Gasteiger partial charge in [-0.2, -0.15) is 5.10 Å². The van der Waals surface area contributed by atoms with Crippen LogP contribution in [0.1, 0.15) is 25.5 Å². The zero-order valence-electron chi connectivity index (χ0n) is 8.81. The molecule has 0 aliphatic carbocycles. The lowest BCUT2D eigenvalue weighted by Crippen LogP contribution is -1.96. The molecule has 0 aliphatic rings. The standard InChI is InChI=1S/C12H13ClN2/c1-9(2)12-7-8-15(14-12)11-5-3-10(13)4-6-11/h3-9H,1-2H3. The van der Waals surface area contributed by atoms with Gasteiger partial charge in [0, 0.05) is 11.2 Å². The van der Waals surface area contributed by atoms with Crippen LogP contribution in [-0.4, -0.2) is 9.78 Å². The van der Waals surface area contributed by atoms with Crippen molar-refractivity contribution in [2.24, 2.45) is 0 Å². The third kappa shape index (κ3) is 2.21. The summed E-state index contributed by atoms with van der Waals surface area (Å²) < 4.78 is 1.87. The first-order valence-corrected chi connectivity index (χ1v) is 5.36. The fraction of sp³-hybridized carbons (Fsp3) is 0.250. The number of rotatable bonds is 2. The smallest absolute Gasteiger partial charge is 0.0654 e. The quantitative estimate of drug-likeness (QED) is 0.756. The summed E-state index contributed by atoms with van der Waals surface area (Å²) in [4.78, 5) is 0. The van der Waals surface area contributed by atoms with Crippen molar-refractivity contribution in [3.8, 4) is 5.69 Å². The maximum atomic E-state index is 5.83. The van der Waals surface area contributed by atoms with E-state index in [2.05, 4.69) is 18.9 Å². The molecule has 0 bridgehead atoms. The molecule has 0 aliphatic heterocycles. The Balaban J connectivity index is 2.33. The van der Waals surface area contributed by atoms with Crippen molar-refractivity contribution < 1.29 is 0 Å². The number of hydrogen-bond acceptors (Lipinski definition) is 1. The van der Waals surface area contributed by atoms with Gasteiger partial charge in [0.25, 0.3) is 0 Å². The Morgan fingerprint density at radius 2 is 1.80 bits per heavy atom. The normalized spacial score (nSPS) is 10.9. The van der Waals surface area contributed by atoms with Crippen molar-refractivity contribution in [3.63, 3.8) is 0 Å². The molecule has 0 atom stereocenters. The van der Waals surface area contributed by atoms with Gasteiger partial charge in [0.1, 0.15) is 0 Å². The summed E-state index contributed by atoms with van der Waals surface area (Å²) in [5.74, 6) is 0.457. The topological polar surface area (TPSA) is 17.8 Å². The Hall–Kier alpha value is -1.28. The monoisotopic (exact) mass is 220 g/mol. The minimum atomic E-state index is 0.457. The third-order valence-electron chi connectivity index (χ3n) is 2.29. The second kappa shape index (κ2) is 4.07. The average molecular weight is 221 g/mol. The molecule has 0 unspecified atom stereocenters. The second-order valence-corrected chi connectivity index (χ2v) is 4.25. The van der Waals surface area contributed by atoms with Crippen molar-refractivity contribution in [1.29, 1.82) is 0 Å². The molecule has 0 saturated heterocycles. The summed E-state index contributed by atoms with van der Waals surface area (Å²) in [5.41, 5.74) is 2.14. The molecule has 1 aromatic heterocycles. The number of halogens is 1. The highest BCUT2D eigenvalue weighted by Gasteiger charge is 2.04. The van der Waals surface area contributed by atoms with Crippen LogP contribution in [0, 0.1) is 0 Å². The van der Waals surface area contributed by atoms with Crippen LogP contribution < -0.4 is 0 Å². The van der Waals surface area contributed by atoms with Crippen LogP contribution in [-0.2, 0) is 0 Å². The van der Waals surface area contributed by atoms with Crippen molar-refractivity contribution in [1.82, 2.24) is 9.78 Å². The zero-order chi connectivity index (χ0) is 10.8. The largest absolute Gasteiger partial charge is 0.241 e. The molecule has 2 nitrogen and oxygen atoms in total. The summed E-state index contributed by atoms with van der Waals surface area (Å²) in [7, 11) is 0. The van der Waals surface area contributed by atoms with Crippen LogP contribution in [0.15, 0.2) is 36.5 Å². The number of nitrogens with zero attached hydrogens (tertiary/aromatic N) is 2. The van der Waals surface area contributed by atoms with Crippen LogP contribution in [0.4, 0.5) is 0 Å². The summed E-state index contributed by atoms with van der Waals surface area (Å²) in [6, 6.07) is 9.69. The number of hydrogen-bond donors (Lipinski definition) is 0. The van der Waals surface area contributed by atoms with E-state index in [-0.39, 0.29) is 0 Å². The van der Waals surface area contributed by atoms with Gasteiger partial charge >= 0.3 is 0 Å². The van der Waals surface area contributed by atoms with E-state index < -0.39 is 0 Å². The molecule has 0 fully saturated rings. The molecule has 0 amide bonds. The summed E-state index contributed by atoms with van der Waals surface area (Å²) >= 11 is 5.83.